The van der Waals surface area contributed by atoms with Crippen LogP contribution < -0.4 is 0 Å². The van der Waals surface area contributed by atoms with Crippen molar-refractivity contribution in [2.75, 3.05) is 0 Å². The van der Waals surface area contributed by atoms with Crippen LogP contribution in [0, 0.1) is 50.7 Å². The third-order valence-electron chi connectivity index (χ3n) is 9.97. The van der Waals surface area contributed by atoms with Crippen molar-refractivity contribution in [1.29, 1.82) is 5.26 Å². The summed E-state index contributed by atoms with van der Waals surface area (Å²) in [7, 11) is 0. The fraction of sp³-hybridized carbons (Fsp3) is 0.826. The minimum Gasteiger partial charge on any atom is -0.295 e. The van der Waals surface area contributed by atoms with Crippen LogP contribution in [-0.2, 0) is 4.79 Å². The van der Waals surface area contributed by atoms with Crippen molar-refractivity contribution in [1.82, 2.24) is 0 Å². The molecule has 5 rings (SSSR count). The van der Waals surface area contributed by atoms with E-state index in [0.29, 0.717) is 17.1 Å². The minimum absolute atomic E-state index is 0.140. The van der Waals surface area contributed by atoms with Gasteiger partial charge in [-0.05, 0) is 98.4 Å². The number of nitrogens with zero attached hydrogens (tertiary/aromatic N) is 1. The molecule has 3 unspecified atom stereocenters. The van der Waals surface area contributed by atoms with Crippen molar-refractivity contribution in [2.45, 2.75) is 78.6 Å². The van der Waals surface area contributed by atoms with Gasteiger partial charge in [0.25, 0.3) is 0 Å². The van der Waals surface area contributed by atoms with Crippen molar-refractivity contribution < 1.29 is 4.79 Å². The van der Waals surface area contributed by atoms with Gasteiger partial charge in [0, 0.05) is 6.42 Å². The highest BCUT2D eigenvalue weighted by Gasteiger charge is 2.68. The van der Waals surface area contributed by atoms with E-state index in [-0.39, 0.29) is 16.2 Å². The maximum Gasteiger partial charge on any atom is 0.155 e. The van der Waals surface area contributed by atoms with Crippen molar-refractivity contribution in [3.05, 3.63) is 11.6 Å². The highest BCUT2D eigenvalue weighted by Crippen LogP contribution is 2.76. The molecule has 0 radical (unpaired) electrons. The van der Waals surface area contributed by atoms with E-state index in [2.05, 4.69) is 32.9 Å². The largest absolute Gasteiger partial charge is 0.295 e. The van der Waals surface area contributed by atoms with Crippen LogP contribution >= 0.6 is 0 Å². The summed E-state index contributed by atoms with van der Waals surface area (Å²) in [5.41, 5.74) is 2.21. The lowest BCUT2D eigenvalue weighted by Gasteiger charge is -2.61. The number of nitriles is 1. The number of carbonyl (C=O) groups is 1. The van der Waals surface area contributed by atoms with Gasteiger partial charge in [-0.25, -0.2) is 0 Å². The summed E-state index contributed by atoms with van der Waals surface area (Å²) >= 11 is 0. The lowest BCUT2D eigenvalue weighted by atomic mass is 9.43. The van der Waals surface area contributed by atoms with E-state index < -0.39 is 0 Å². The molecular formula is C23H31NO. The molecule has 0 amide bonds. The van der Waals surface area contributed by atoms with Crippen LogP contribution in [0.3, 0.4) is 0 Å². The number of rotatable bonds is 0. The molecule has 2 heteroatoms. The lowest BCUT2D eigenvalue weighted by molar-refractivity contribution is -0.118. The van der Waals surface area contributed by atoms with E-state index in [1.165, 1.54) is 38.5 Å². The van der Waals surface area contributed by atoms with E-state index in [1.807, 2.05) is 0 Å². The Kier molecular flexibility index (Phi) is 2.96. The molecule has 0 aromatic carbocycles. The number of carbonyl (C=O) groups excluding carboxylic acids is 1. The number of fused-ring (bicyclic) bond motifs is 6. The van der Waals surface area contributed by atoms with E-state index in [1.54, 1.807) is 5.57 Å². The normalized spacial score (nSPS) is 52.6. The highest BCUT2D eigenvalue weighted by atomic mass is 16.1. The minimum atomic E-state index is -0.140. The summed E-state index contributed by atoms with van der Waals surface area (Å²) in [6.07, 6.45) is 12.6. The standard InChI is InChI=1S/C23H31NO/c1-20(14-24)7-5-18-16-13-23(10-11-23)19-12-15(25)4-8-21(19,2)17(16)6-9-22(18,20)3/h12,16-18H,4-11,13H2,1-3H3/t16?,17?,18?,20-,21-,22+/m1/s1. The second kappa shape index (κ2) is 4.59. The Morgan fingerprint density at radius 2 is 1.76 bits per heavy atom. The van der Waals surface area contributed by atoms with Crippen molar-refractivity contribution >= 4 is 5.78 Å². The fourth-order valence-electron chi connectivity index (χ4n) is 8.06. The lowest BCUT2D eigenvalue weighted by Crippen LogP contribution is -2.54. The first kappa shape index (κ1) is 16.1. The Morgan fingerprint density at radius 3 is 2.44 bits per heavy atom. The van der Waals surface area contributed by atoms with Gasteiger partial charge in [0.15, 0.2) is 5.78 Å². The number of hydrogen-bond donors (Lipinski definition) is 0. The van der Waals surface area contributed by atoms with Gasteiger partial charge in [-0.1, -0.05) is 19.4 Å². The van der Waals surface area contributed by atoms with Gasteiger partial charge in [-0.15, -0.1) is 0 Å². The van der Waals surface area contributed by atoms with Crippen molar-refractivity contribution in [2.24, 2.45) is 39.4 Å². The molecule has 0 saturated heterocycles. The number of allylic oxidation sites excluding steroid dienone is 1. The maximum atomic E-state index is 12.2. The molecule has 1 spiro atoms. The fourth-order valence-corrected chi connectivity index (χ4v) is 8.06. The van der Waals surface area contributed by atoms with E-state index in [0.717, 1.165) is 31.1 Å². The number of hydrogen-bond acceptors (Lipinski definition) is 2. The van der Waals surface area contributed by atoms with Crippen LogP contribution in [0.25, 0.3) is 0 Å². The average molecular weight is 338 g/mol. The molecule has 134 valence electrons. The number of ketones is 1. The molecule has 5 aliphatic rings. The third kappa shape index (κ3) is 1.78. The molecule has 6 atom stereocenters. The first-order chi connectivity index (χ1) is 11.8. The monoisotopic (exact) mass is 337 g/mol. The van der Waals surface area contributed by atoms with Crippen LogP contribution in [-0.4, -0.2) is 5.78 Å². The first-order valence-electron chi connectivity index (χ1n) is 10.4. The Labute approximate surface area is 152 Å². The quantitative estimate of drug-likeness (QED) is 0.590. The van der Waals surface area contributed by atoms with Gasteiger partial charge < -0.3 is 0 Å². The predicted molar refractivity (Wildman–Crippen MR) is 97.5 cm³/mol. The highest BCUT2D eigenvalue weighted by molar-refractivity contribution is 5.92. The summed E-state index contributed by atoms with van der Waals surface area (Å²) in [5.74, 6) is 2.59. The van der Waals surface area contributed by atoms with Crippen LogP contribution in [0.2, 0.25) is 0 Å². The molecule has 4 saturated carbocycles. The molecule has 0 aromatic heterocycles. The maximum absolute atomic E-state index is 12.2. The van der Waals surface area contributed by atoms with E-state index >= 15 is 0 Å². The molecule has 4 fully saturated rings. The third-order valence-corrected chi connectivity index (χ3v) is 9.97. The second-order valence-corrected chi connectivity index (χ2v) is 10.7. The SMILES string of the molecule is C[C@]12CCC(=O)C=C1C1(CC1)CC1C2CC[C@@]2(C)C1CC[C@]2(C)C#N. The summed E-state index contributed by atoms with van der Waals surface area (Å²) in [4.78, 5) is 12.2. The van der Waals surface area contributed by atoms with Crippen molar-refractivity contribution in [3.8, 4) is 6.07 Å². The Hall–Kier alpha value is -1.10. The Balaban J connectivity index is 1.59. The van der Waals surface area contributed by atoms with Gasteiger partial charge in [0.05, 0.1) is 11.5 Å². The zero-order valence-corrected chi connectivity index (χ0v) is 16.0. The molecule has 0 aliphatic heterocycles. The summed E-state index contributed by atoms with van der Waals surface area (Å²) in [6, 6.07) is 2.73. The van der Waals surface area contributed by atoms with Crippen LogP contribution in [0.1, 0.15) is 78.6 Å². The topological polar surface area (TPSA) is 40.9 Å². The second-order valence-electron chi connectivity index (χ2n) is 10.7. The summed E-state index contributed by atoms with van der Waals surface area (Å²) in [6.45, 7) is 7.15. The summed E-state index contributed by atoms with van der Waals surface area (Å²) < 4.78 is 0. The first-order valence-corrected chi connectivity index (χ1v) is 10.4. The predicted octanol–water partition coefficient (Wildman–Crippen LogP) is 5.44. The molecule has 0 bridgehead atoms. The molecule has 2 nitrogen and oxygen atoms in total. The van der Waals surface area contributed by atoms with Gasteiger partial charge in [0.1, 0.15) is 0 Å². The van der Waals surface area contributed by atoms with Crippen LogP contribution in [0.4, 0.5) is 0 Å². The molecule has 25 heavy (non-hydrogen) atoms. The summed E-state index contributed by atoms with van der Waals surface area (Å²) in [5, 5.41) is 9.91. The molecular weight excluding hydrogens is 306 g/mol. The smallest absolute Gasteiger partial charge is 0.155 e. The van der Waals surface area contributed by atoms with Crippen LogP contribution in [0.5, 0.6) is 0 Å². The van der Waals surface area contributed by atoms with Gasteiger partial charge in [-0.2, -0.15) is 5.26 Å². The van der Waals surface area contributed by atoms with E-state index in [4.69, 9.17) is 0 Å². The Morgan fingerprint density at radius 1 is 1.04 bits per heavy atom. The van der Waals surface area contributed by atoms with Crippen molar-refractivity contribution in [3.63, 3.8) is 0 Å². The molecule has 0 heterocycles. The zero-order valence-electron chi connectivity index (χ0n) is 16.0. The zero-order chi connectivity index (χ0) is 17.7. The van der Waals surface area contributed by atoms with E-state index in [9.17, 15) is 10.1 Å². The van der Waals surface area contributed by atoms with Crippen LogP contribution in [0.15, 0.2) is 11.6 Å². The van der Waals surface area contributed by atoms with Gasteiger partial charge in [-0.3, -0.25) is 4.79 Å². The van der Waals surface area contributed by atoms with Gasteiger partial charge in [0.2, 0.25) is 0 Å². The molecule has 0 aromatic rings. The Bertz CT molecular complexity index is 725. The van der Waals surface area contributed by atoms with Gasteiger partial charge >= 0.3 is 0 Å². The molecule has 0 N–H and O–H groups in total. The average Bonchev–Trinajstić information content (AvgIpc) is 3.29. The molecule has 5 aliphatic carbocycles.